The number of amides is 2. The van der Waals surface area contributed by atoms with Crippen LogP contribution in [0, 0.1) is 0 Å². The van der Waals surface area contributed by atoms with Gasteiger partial charge >= 0.3 is 5.97 Å². The molecular weight excluding hydrogens is 440 g/mol. The highest BCUT2D eigenvalue weighted by Crippen LogP contribution is 2.26. The molecule has 1 saturated heterocycles. The second-order valence-corrected chi connectivity index (χ2v) is 7.84. The van der Waals surface area contributed by atoms with Gasteiger partial charge < -0.3 is 19.7 Å². The fourth-order valence-electron chi connectivity index (χ4n) is 2.98. The highest BCUT2D eigenvalue weighted by Gasteiger charge is 2.36. The maximum absolute atomic E-state index is 13.3. The molecule has 0 aromatic heterocycles. The number of piperazine rings is 1. The van der Waals surface area contributed by atoms with E-state index in [2.05, 4.69) is 28.2 Å². The molecule has 0 radical (unpaired) electrons. The average Bonchev–Trinajstić information content (AvgIpc) is 2.70. The van der Waals surface area contributed by atoms with E-state index < -0.39 is 12.0 Å². The van der Waals surface area contributed by atoms with Crippen molar-refractivity contribution in [2.75, 3.05) is 26.3 Å². The zero-order valence-corrected chi connectivity index (χ0v) is 18.6. The Morgan fingerprint density at radius 3 is 2.66 bits per heavy atom. The van der Waals surface area contributed by atoms with Crippen molar-refractivity contribution in [2.45, 2.75) is 52.0 Å². The van der Waals surface area contributed by atoms with E-state index in [0.29, 0.717) is 37.6 Å². The van der Waals surface area contributed by atoms with Gasteiger partial charge in [-0.2, -0.15) is 0 Å². The van der Waals surface area contributed by atoms with Crippen molar-refractivity contribution < 1.29 is 23.9 Å². The van der Waals surface area contributed by atoms with Gasteiger partial charge in [-0.05, 0) is 31.0 Å². The fraction of sp³-hybridized carbons (Fsp3) is 0.571. The smallest absolute Gasteiger partial charge is 0.308 e. The quantitative estimate of drug-likeness (QED) is 0.420. The number of halogens is 1. The van der Waals surface area contributed by atoms with Crippen LogP contribution in [0.4, 0.5) is 0 Å². The summed E-state index contributed by atoms with van der Waals surface area (Å²) in [7, 11) is 0. The van der Waals surface area contributed by atoms with E-state index in [0.717, 1.165) is 30.2 Å². The molecule has 0 aliphatic carbocycles. The summed E-state index contributed by atoms with van der Waals surface area (Å²) in [5.41, 5.74) is 0.370. The molecule has 29 heavy (non-hydrogen) atoms. The van der Waals surface area contributed by atoms with E-state index in [1.165, 1.54) is 4.90 Å². The molecule has 1 aromatic carbocycles. The molecular formula is C21H29BrN2O5. The molecule has 160 valence electrons. The SMILES string of the molecule is CCCCOC(=O)CC1C(=O)NCCN1C(=O)c1cc(Br)ccc1OCCCC. The Bertz CT molecular complexity index is 725. The third-order valence-corrected chi connectivity index (χ3v) is 5.13. The van der Waals surface area contributed by atoms with Crippen LogP contribution >= 0.6 is 15.9 Å². The number of rotatable bonds is 10. The maximum atomic E-state index is 13.3. The van der Waals surface area contributed by atoms with Gasteiger partial charge in [-0.1, -0.05) is 42.6 Å². The Morgan fingerprint density at radius 1 is 1.21 bits per heavy atom. The molecule has 1 aromatic rings. The molecule has 0 saturated carbocycles. The first-order valence-electron chi connectivity index (χ1n) is 10.1. The first-order valence-corrected chi connectivity index (χ1v) is 10.9. The third kappa shape index (κ3) is 6.73. The van der Waals surface area contributed by atoms with Gasteiger partial charge in [0, 0.05) is 17.6 Å². The van der Waals surface area contributed by atoms with Gasteiger partial charge in [0.05, 0.1) is 25.2 Å². The number of nitrogens with zero attached hydrogens (tertiary/aromatic N) is 1. The summed E-state index contributed by atoms with van der Waals surface area (Å²) in [6, 6.07) is 4.34. The molecule has 2 rings (SSSR count). The van der Waals surface area contributed by atoms with Gasteiger partial charge in [-0.25, -0.2) is 0 Å². The van der Waals surface area contributed by atoms with Crippen molar-refractivity contribution in [3.8, 4) is 5.75 Å². The summed E-state index contributed by atoms with van der Waals surface area (Å²) in [5, 5.41) is 2.73. The molecule has 1 unspecified atom stereocenters. The lowest BCUT2D eigenvalue weighted by molar-refractivity contribution is -0.147. The second-order valence-electron chi connectivity index (χ2n) is 6.93. The minimum Gasteiger partial charge on any atom is -0.493 e. The monoisotopic (exact) mass is 468 g/mol. The van der Waals surface area contributed by atoms with Crippen LogP contribution < -0.4 is 10.1 Å². The van der Waals surface area contributed by atoms with E-state index in [-0.39, 0.29) is 18.2 Å². The molecule has 8 heteroatoms. The van der Waals surface area contributed by atoms with Crippen molar-refractivity contribution >= 4 is 33.7 Å². The zero-order chi connectivity index (χ0) is 21.2. The predicted octanol–water partition coefficient (Wildman–Crippen LogP) is 3.30. The van der Waals surface area contributed by atoms with Crippen LogP contribution in [0.1, 0.15) is 56.3 Å². The number of benzene rings is 1. The lowest BCUT2D eigenvalue weighted by Crippen LogP contribution is -2.57. The largest absolute Gasteiger partial charge is 0.493 e. The lowest BCUT2D eigenvalue weighted by atomic mass is 10.1. The maximum Gasteiger partial charge on any atom is 0.308 e. The summed E-state index contributed by atoms with van der Waals surface area (Å²) in [6.07, 6.45) is 3.37. The van der Waals surface area contributed by atoms with Crippen LogP contribution in [0.15, 0.2) is 22.7 Å². The van der Waals surface area contributed by atoms with Gasteiger partial charge in [0.15, 0.2) is 0 Å². The normalized spacial score (nSPS) is 16.3. The van der Waals surface area contributed by atoms with Crippen molar-refractivity contribution in [1.82, 2.24) is 10.2 Å². The number of unbranched alkanes of at least 4 members (excludes halogenated alkanes) is 2. The number of hydrogen-bond acceptors (Lipinski definition) is 5. The van der Waals surface area contributed by atoms with Gasteiger partial charge in [-0.3, -0.25) is 14.4 Å². The van der Waals surface area contributed by atoms with E-state index >= 15 is 0 Å². The number of carbonyl (C=O) groups excluding carboxylic acids is 3. The molecule has 7 nitrogen and oxygen atoms in total. The molecule has 0 bridgehead atoms. The predicted molar refractivity (Wildman–Crippen MR) is 113 cm³/mol. The van der Waals surface area contributed by atoms with Crippen LogP contribution in [0.3, 0.4) is 0 Å². The molecule has 1 N–H and O–H groups in total. The number of esters is 1. The van der Waals surface area contributed by atoms with Crippen molar-refractivity contribution in [3.63, 3.8) is 0 Å². The molecule has 0 spiro atoms. The van der Waals surface area contributed by atoms with Crippen LogP contribution in [-0.4, -0.2) is 55.0 Å². The summed E-state index contributed by atoms with van der Waals surface area (Å²) in [5.74, 6) is -0.687. The van der Waals surface area contributed by atoms with Crippen LogP contribution in [0.25, 0.3) is 0 Å². The Balaban J connectivity index is 2.18. The Hall–Kier alpha value is -2.09. The Morgan fingerprint density at radius 2 is 1.93 bits per heavy atom. The summed E-state index contributed by atoms with van der Waals surface area (Å²) in [4.78, 5) is 39.3. The molecule has 1 atom stereocenters. The summed E-state index contributed by atoms with van der Waals surface area (Å²) >= 11 is 3.39. The summed E-state index contributed by atoms with van der Waals surface area (Å²) < 4.78 is 11.7. The Kier molecular flexibility index (Phi) is 9.44. The van der Waals surface area contributed by atoms with E-state index in [1.54, 1.807) is 12.1 Å². The van der Waals surface area contributed by atoms with Crippen LogP contribution in [0.2, 0.25) is 0 Å². The standard InChI is InChI=1S/C21H29BrN2O5/c1-3-5-11-28-18-8-7-15(22)13-16(18)21(27)24-10-9-23-20(26)17(24)14-19(25)29-12-6-4-2/h7-8,13,17H,3-6,9-12,14H2,1-2H3,(H,23,26). The average molecular weight is 469 g/mol. The van der Waals surface area contributed by atoms with E-state index in [9.17, 15) is 14.4 Å². The highest BCUT2D eigenvalue weighted by molar-refractivity contribution is 9.10. The van der Waals surface area contributed by atoms with E-state index in [4.69, 9.17) is 9.47 Å². The molecule has 1 heterocycles. The molecule has 1 fully saturated rings. The summed E-state index contributed by atoms with van der Waals surface area (Å²) in [6.45, 7) is 5.55. The molecule has 2 amide bonds. The lowest BCUT2D eigenvalue weighted by Gasteiger charge is -2.35. The number of nitrogens with one attached hydrogen (secondary N) is 1. The van der Waals surface area contributed by atoms with Crippen molar-refractivity contribution in [3.05, 3.63) is 28.2 Å². The fourth-order valence-corrected chi connectivity index (χ4v) is 3.35. The minimum atomic E-state index is -0.896. The van der Waals surface area contributed by atoms with Gasteiger partial charge in [0.2, 0.25) is 5.91 Å². The first kappa shape index (κ1) is 23.2. The number of ether oxygens (including phenoxy) is 2. The van der Waals surface area contributed by atoms with Gasteiger partial charge in [0.1, 0.15) is 11.8 Å². The Labute approximate surface area is 180 Å². The number of carbonyl (C=O) groups is 3. The van der Waals surface area contributed by atoms with Gasteiger partial charge in [-0.15, -0.1) is 0 Å². The van der Waals surface area contributed by atoms with E-state index in [1.807, 2.05) is 13.0 Å². The van der Waals surface area contributed by atoms with Crippen LogP contribution in [0.5, 0.6) is 5.75 Å². The first-order chi connectivity index (χ1) is 14.0. The van der Waals surface area contributed by atoms with Crippen molar-refractivity contribution in [1.29, 1.82) is 0 Å². The van der Waals surface area contributed by atoms with Crippen LogP contribution in [-0.2, 0) is 14.3 Å². The third-order valence-electron chi connectivity index (χ3n) is 4.64. The van der Waals surface area contributed by atoms with Gasteiger partial charge in [0.25, 0.3) is 5.91 Å². The zero-order valence-electron chi connectivity index (χ0n) is 17.0. The molecule has 1 aliphatic rings. The molecule has 1 aliphatic heterocycles. The van der Waals surface area contributed by atoms with Crippen molar-refractivity contribution in [2.24, 2.45) is 0 Å². The number of hydrogen-bond donors (Lipinski definition) is 1. The second kappa shape index (κ2) is 11.8. The highest BCUT2D eigenvalue weighted by atomic mass is 79.9. The topological polar surface area (TPSA) is 84.9 Å². The minimum absolute atomic E-state index is 0.165.